The zero-order chi connectivity index (χ0) is 18.5. The van der Waals surface area contributed by atoms with Gasteiger partial charge in [-0.15, -0.1) is 0 Å². The summed E-state index contributed by atoms with van der Waals surface area (Å²) in [6, 6.07) is 10.9. The number of halogens is 1. The minimum absolute atomic E-state index is 0.0612. The van der Waals surface area contributed by atoms with Crippen LogP contribution in [0.4, 0.5) is 9.18 Å². The van der Waals surface area contributed by atoms with Crippen molar-refractivity contribution in [2.24, 2.45) is 0 Å². The average Bonchev–Trinajstić information content (AvgIpc) is 2.93. The number of urea groups is 1. The highest BCUT2D eigenvalue weighted by Crippen LogP contribution is 2.30. The van der Waals surface area contributed by atoms with Gasteiger partial charge in [-0.3, -0.25) is 10.1 Å². The molecule has 1 aliphatic rings. The van der Waals surface area contributed by atoms with Crippen molar-refractivity contribution in [1.82, 2.24) is 10.6 Å². The lowest BCUT2D eigenvalue weighted by Crippen LogP contribution is -2.22. The summed E-state index contributed by atoms with van der Waals surface area (Å²) in [5.74, 6) is 0.0859. The molecule has 7 heteroatoms. The van der Waals surface area contributed by atoms with Gasteiger partial charge in [0.05, 0.1) is 6.61 Å². The number of imide groups is 1. The first-order chi connectivity index (χ1) is 12.6. The topological polar surface area (TPSA) is 76.7 Å². The van der Waals surface area contributed by atoms with Gasteiger partial charge in [0.25, 0.3) is 5.91 Å². The van der Waals surface area contributed by atoms with Gasteiger partial charge in [-0.2, -0.15) is 0 Å². The Balaban J connectivity index is 1.80. The molecule has 0 bridgehead atoms. The number of benzene rings is 2. The van der Waals surface area contributed by atoms with E-state index in [1.54, 1.807) is 36.4 Å². The number of carbonyl (C=O) groups excluding carboxylic acids is 2. The van der Waals surface area contributed by atoms with E-state index >= 15 is 0 Å². The van der Waals surface area contributed by atoms with Crippen molar-refractivity contribution in [3.8, 4) is 11.5 Å². The van der Waals surface area contributed by atoms with Gasteiger partial charge < -0.3 is 14.8 Å². The number of rotatable bonds is 6. The Morgan fingerprint density at radius 3 is 2.54 bits per heavy atom. The summed E-state index contributed by atoms with van der Waals surface area (Å²) in [5, 5.41) is 4.55. The second-order valence-electron chi connectivity index (χ2n) is 5.49. The molecule has 2 aromatic rings. The van der Waals surface area contributed by atoms with Crippen molar-refractivity contribution in [1.29, 1.82) is 0 Å². The summed E-state index contributed by atoms with van der Waals surface area (Å²) in [6.07, 6.45) is 1.53. The quantitative estimate of drug-likeness (QED) is 0.616. The van der Waals surface area contributed by atoms with Crippen LogP contribution in [0.3, 0.4) is 0 Å². The number of nitrogens with one attached hydrogen (secondary N) is 2. The zero-order valence-corrected chi connectivity index (χ0v) is 14.0. The first-order valence-corrected chi connectivity index (χ1v) is 8.04. The van der Waals surface area contributed by atoms with Crippen molar-refractivity contribution in [2.45, 2.75) is 13.5 Å². The minimum Gasteiger partial charge on any atom is -0.490 e. The van der Waals surface area contributed by atoms with Gasteiger partial charge in [-0.05, 0) is 36.8 Å². The van der Waals surface area contributed by atoms with Crippen LogP contribution in [0.2, 0.25) is 0 Å². The molecule has 0 spiro atoms. The fourth-order valence-electron chi connectivity index (χ4n) is 2.42. The third-order valence-electron chi connectivity index (χ3n) is 3.64. The molecule has 0 saturated carbocycles. The zero-order valence-electron chi connectivity index (χ0n) is 14.0. The van der Waals surface area contributed by atoms with Gasteiger partial charge >= 0.3 is 6.03 Å². The molecule has 1 saturated heterocycles. The van der Waals surface area contributed by atoms with E-state index in [1.807, 2.05) is 6.92 Å². The summed E-state index contributed by atoms with van der Waals surface area (Å²) >= 11 is 0. The Morgan fingerprint density at radius 2 is 1.85 bits per heavy atom. The number of hydrogen-bond acceptors (Lipinski definition) is 4. The SMILES string of the molecule is CCOc1cc(/C=C2/NC(=O)NC2=O)ccc1OCc1ccccc1F. The number of carbonyl (C=O) groups is 2. The van der Waals surface area contributed by atoms with E-state index in [4.69, 9.17) is 9.47 Å². The molecule has 1 heterocycles. The summed E-state index contributed by atoms with van der Waals surface area (Å²) in [7, 11) is 0. The lowest BCUT2D eigenvalue weighted by atomic mass is 10.1. The molecule has 1 fully saturated rings. The smallest absolute Gasteiger partial charge is 0.326 e. The van der Waals surface area contributed by atoms with Crippen LogP contribution in [0.5, 0.6) is 11.5 Å². The van der Waals surface area contributed by atoms with Crippen LogP contribution < -0.4 is 20.1 Å². The predicted octanol–water partition coefficient (Wildman–Crippen LogP) is 2.98. The average molecular weight is 356 g/mol. The summed E-state index contributed by atoms with van der Waals surface area (Å²) < 4.78 is 25.0. The van der Waals surface area contributed by atoms with E-state index in [0.717, 1.165) is 0 Å². The molecule has 0 radical (unpaired) electrons. The Bertz CT molecular complexity index is 880. The molecular formula is C19H17FN2O4. The van der Waals surface area contributed by atoms with E-state index in [1.165, 1.54) is 12.1 Å². The number of amides is 3. The predicted molar refractivity (Wildman–Crippen MR) is 93.0 cm³/mol. The maximum absolute atomic E-state index is 13.7. The van der Waals surface area contributed by atoms with Crippen molar-refractivity contribution < 1.29 is 23.5 Å². The second kappa shape index (κ2) is 7.69. The first kappa shape index (κ1) is 17.5. The third kappa shape index (κ3) is 4.00. The van der Waals surface area contributed by atoms with Crippen LogP contribution in [0.1, 0.15) is 18.1 Å². The van der Waals surface area contributed by atoms with E-state index in [0.29, 0.717) is 29.2 Å². The standard InChI is InChI=1S/C19H17FN2O4/c1-2-25-17-10-12(9-15-18(23)22-19(24)21-15)7-8-16(17)26-11-13-5-3-4-6-14(13)20/h3-10H,2,11H2,1H3,(H2,21,22,23,24)/b15-9+. The molecule has 0 atom stereocenters. The highest BCUT2D eigenvalue weighted by molar-refractivity contribution is 6.14. The minimum atomic E-state index is -0.559. The van der Waals surface area contributed by atoms with Gasteiger partial charge in [0.1, 0.15) is 18.1 Å². The van der Waals surface area contributed by atoms with E-state index in [-0.39, 0.29) is 18.1 Å². The molecule has 2 aromatic carbocycles. The van der Waals surface area contributed by atoms with Crippen molar-refractivity contribution in [3.63, 3.8) is 0 Å². The fraction of sp³-hybridized carbons (Fsp3) is 0.158. The monoisotopic (exact) mass is 356 g/mol. The van der Waals surface area contributed by atoms with E-state index in [2.05, 4.69) is 10.6 Å². The van der Waals surface area contributed by atoms with Crippen molar-refractivity contribution in [2.75, 3.05) is 6.61 Å². The molecule has 3 amide bonds. The van der Waals surface area contributed by atoms with Gasteiger partial charge in [0.15, 0.2) is 11.5 Å². The Morgan fingerprint density at radius 1 is 1.04 bits per heavy atom. The number of hydrogen-bond donors (Lipinski definition) is 2. The molecule has 134 valence electrons. The van der Waals surface area contributed by atoms with Crippen LogP contribution in [0.15, 0.2) is 48.2 Å². The molecule has 3 rings (SSSR count). The Labute approximate surface area is 149 Å². The van der Waals surface area contributed by atoms with Gasteiger partial charge in [0, 0.05) is 5.56 Å². The van der Waals surface area contributed by atoms with E-state index in [9.17, 15) is 14.0 Å². The second-order valence-corrected chi connectivity index (χ2v) is 5.49. The van der Waals surface area contributed by atoms with Crippen LogP contribution >= 0.6 is 0 Å². The molecule has 0 aliphatic carbocycles. The summed E-state index contributed by atoms with van der Waals surface area (Å²) in [4.78, 5) is 22.8. The maximum atomic E-state index is 13.7. The first-order valence-electron chi connectivity index (χ1n) is 8.04. The highest BCUT2D eigenvalue weighted by atomic mass is 19.1. The van der Waals surface area contributed by atoms with Crippen LogP contribution in [0.25, 0.3) is 6.08 Å². The number of ether oxygens (including phenoxy) is 2. The molecule has 0 unspecified atom stereocenters. The molecule has 0 aromatic heterocycles. The van der Waals surface area contributed by atoms with Crippen LogP contribution in [0, 0.1) is 5.82 Å². The summed E-state index contributed by atoms with van der Waals surface area (Å²) in [5.41, 5.74) is 1.24. The van der Waals surface area contributed by atoms with Crippen LogP contribution in [-0.4, -0.2) is 18.5 Å². The molecular weight excluding hydrogens is 339 g/mol. The maximum Gasteiger partial charge on any atom is 0.326 e. The van der Waals surface area contributed by atoms with Crippen molar-refractivity contribution >= 4 is 18.0 Å². The van der Waals surface area contributed by atoms with Gasteiger partial charge in [-0.25, -0.2) is 9.18 Å². The third-order valence-corrected chi connectivity index (χ3v) is 3.64. The molecule has 2 N–H and O–H groups in total. The normalized spacial score (nSPS) is 14.9. The molecule has 26 heavy (non-hydrogen) atoms. The molecule has 1 aliphatic heterocycles. The molecule has 6 nitrogen and oxygen atoms in total. The lowest BCUT2D eigenvalue weighted by molar-refractivity contribution is -0.115. The largest absolute Gasteiger partial charge is 0.490 e. The van der Waals surface area contributed by atoms with E-state index < -0.39 is 11.9 Å². The summed E-state index contributed by atoms with van der Waals surface area (Å²) in [6.45, 7) is 2.30. The highest BCUT2D eigenvalue weighted by Gasteiger charge is 2.22. The van der Waals surface area contributed by atoms with Crippen LogP contribution in [-0.2, 0) is 11.4 Å². The van der Waals surface area contributed by atoms with Gasteiger partial charge in [-0.1, -0.05) is 24.3 Å². The lowest BCUT2D eigenvalue weighted by Gasteiger charge is -2.13. The Hall–Kier alpha value is -3.35. The Kier molecular flexibility index (Phi) is 5.17. The van der Waals surface area contributed by atoms with Crippen molar-refractivity contribution in [3.05, 3.63) is 65.1 Å². The fourth-order valence-corrected chi connectivity index (χ4v) is 2.42. The van der Waals surface area contributed by atoms with Gasteiger partial charge in [0.2, 0.25) is 0 Å².